The molecule has 1 unspecified atom stereocenters. The minimum Gasteiger partial charge on any atom is -0.462 e. The molecule has 0 saturated heterocycles. The number of amidine groups is 1. The second kappa shape index (κ2) is 3.69. The van der Waals surface area contributed by atoms with Crippen molar-refractivity contribution in [3.8, 4) is 11.5 Å². The van der Waals surface area contributed by atoms with Crippen molar-refractivity contribution in [3.05, 3.63) is 53.6 Å². The number of aliphatic imine (C=N–C) groups is 1. The van der Waals surface area contributed by atoms with Crippen molar-refractivity contribution in [3.63, 3.8) is 0 Å². The van der Waals surface area contributed by atoms with E-state index >= 15 is 0 Å². The van der Waals surface area contributed by atoms with Crippen LogP contribution in [0.5, 0.6) is 11.5 Å². The van der Waals surface area contributed by atoms with Gasteiger partial charge in [-0.2, -0.15) is 4.39 Å². The quantitative estimate of drug-likeness (QED) is 0.743. The Hall–Kier alpha value is -2.63. The molecular formula is C14H10FN3O2. The molecule has 0 bridgehead atoms. The molecular weight excluding hydrogens is 261 g/mol. The summed E-state index contributed by atoms with van der Waals surface area (Å²) in [6, 6.07) is 9.09. The molecule has 1 aromatic carbocycles. The molecule has 6 heteroatoms. The highest BCUT2D eigenvalue weighted by Gasteiger charge is 2.47. The molecule has 0 amide bonds. The van der Waals surface area contributed by atoms with Gasteiger partial charge in [0.15, 0.2) is 11.3 Å². The van der Waals surface area contributed by atoms with Gasteiger partial charge in [-0.3, -0.25) is 0 Å². The van der Waals surface area contributed by atoms with Crippen LogP contribution in [-0.2, 0) is 10.3 Å². The van der Waals surface area contributed by atoms with Crippen LogP contribution in [0.4, 0.5) is 4.39 Å². The molecule has 0 fully saturated rings. The standard InChI is InChI=1S/C14H10FN3O2/c15-12-11-9(5-6-17-12)14(7-19-13(16)18-14)8-3-1-2-4-10(8)20-11/h1-6H,7H2,(H2,16,18). The average molecular weight is 271 g/mol. The van der Waals surface area contributed by atoms with Crippen molar-refractivity contribution >= 4 is 6.02 Å². The Morgan fingerprint density at radius 2 is 2.05 bits per heavy atom. The number of para-hydroxylation sites is 1. The second-order valence-corrected chi connectivity index (χ2v) is 4.68. The number of nitrogens with two attached hydrogens (primary N) is 1. The van der Waals surface area contributed by atoms with Crippen LogP contribution in [0.25, 0.3) is 0 Å². The lowest BCUT2D eigenvalue weighted by Crippen LogP contribution is -2.31. The Morgan fingerprint density at radius 3 is 2.85 bits per heavy atom. The Balaban J connectivity index is 2.07. The summed E-state index contributed by atoms with van der Waals surface area (Å²) < 4.78 is 24.9. The fourth-order valence-corrected chi connectivity index (χ4v) is 2.70. The Bertz CT molecular complexity index is 747. The highest BCUT2D eigenvalue weighted by atomic mass is 19.1. The number of hydrogen-bond donors (Lipinski definition) is 1. The number of aromatic nitrogens is 1. The van der Waals surface area contributed by atoms with Gasteiger partial charge >= 0.3 is 0 Å². The third kappa shape index (κ3) is 1.30. The normalized spacial score (nSPS) is 22.6. The monoisotopic (exact) mass is 271 g/mol. The van der Waals surface area contributed by atoms with Crippen molar-refractivity contribution in [1.29, 1.82) is 0 Å². The molecule has 20 heavy (non-hydrogen) atoms. The third-order valence-electron chi connectivity index (χ3n) is 3.58. The van der Waals surface area contributed by atoms with Crippen molar-refractivity contribution in [1.82, 2.24) is 4.98 Å². The molecule has 2 N–H and O–H groups in total. The lowest BCUT2D eigenvalue weighted by Gasteiger charge is -2.32. The topological polar surface area (TPSA) is 69.7 Å². The number of ether oxygens (including phenoxy) is 2. The summed E-state index contributed by atoms with van der Waals surface area (Å²) in [6.07, 6.45) is 1.39. The predicted molar refractivity (Wildman–Crippen MR) is 69.1 cm³/mol. The van der Waals surface area contributed by atoms with Crippen molar-refractivity contribution in [2.24, 2.45) is 10.7 Å². The summed E-state index contributed by atoms with van der Waals surface area (Å²) in [5, 5.41) is 0. The number of pyridine rings is 1. The van der Waals surface area contributed by atoms with E-state index in [0.717, 1.165) is 5.56 Å². The minimum atomic E-state index is -0.863. The zero-order valence-corrected chi connectivity index (χ0v) is 10.3. The lowest BCUT2D eigenvalue weighted by atomic mass is 9.82. The molecule has 2 aliphatic heterocycles. The summed E-state index contributed by atoms with van der Waals surface area (Å²) >= 11 is 0. The number of nitrogens with zero attached hydrogens (tertiary/aromatic N) is 2. The van der Waals surface area contributed by atoms with E-state index in [4.69, 9.17) is 15.2 Å². The molecule has 1 aromatic heterocycles. The molecule has 1 atom stereocenters. The van der Waals surface area contributed by atoms with E-state index in [0.29, 0.717) is 11.3 Å². The number of hydrogen-bond acceptors (Lipinski definition) is 5. The van der Waals surface area contributed by atoms with Gasteiger partial charge in [0.05, 0.1) is 0 Å². The zero-order chi connectivity index (χ0) is 13.7. The lowest BCUT2D eigenvalue weighted by molar-refractivity contribution is 0.261. The molecule has 0 radical (unpaired) electrons. The van der Waals surface area contributed by atoms with E-state index in [1.165, 1.54) is 6.20 Å². The van der Waals surface area contributed by atoms with E-state index in [1.54, 1.807) is 12.1 Å². The SMILES string of the molecule is NC1=NC2(CO1)c1ccccc1Oc1c2ccnc1F. The molecule has 0 aliphatic carbocycles. The summed E-state index contributed by atoms with van der Waals surface area (Å²) in [4.78, 5) is 8.03. The van der Waals surface area contributed by atoms with Gasteiger partial charge < -0.3 is 15.2 Å². The number of halogens is 1. The first-order valence-electron chi connectivity index (χ1n) is 6.11. The fourth-order valence-electron chi connectivity index (χ4n) is 2.70. The average Bonchev–Trinajstić information content (AvgIpc) is 2.84. The highest BCUT2D eigenvalue weighted by Crippen LogP contribution is 2.50. The summed E-state index contributed by atoms with van der Waals surface area (Å²) in [5.41, 5.74) is 6.18. The van der Waals surface area contributed by atoms with Gasteiger partial charge in [-0.1, -0.05) is 18.2 Å². The first-order valence-corrected chi connectivity index (χ1v) is 6.11. The molecule has 5 nitrogen and oxygen atoms in total. The van der Waals surface area contributed by atoms with Gasteiger partial charge in [0, 0.05) is 17.3 Å². The van der Waals surface area contributed by atoms with E-state index < -0.39 is 11.5 Å². The second-order valence-electron chi connectivity index (χ2n) is 4.68. The van der Waals surface area contributed by atoms with Gasteiger partial charge in [-0.05, 0) is 12.1 Å². The van der Waals surface area contributed by atoms with Crippen molar-refractivity contribution in [2.45, 2.75) is 5.54 Å². The Labute approximate surface area is 113 Å². The zero-order valence-electron chi connectivity index (χ0n) is 10.3. The van der Waals surface area contributed by atoms with Crippen LogP contribution in [0.1, 0.15) is 11.1 Å². The van der Waals surface area contributed by atoms with Gasteiger partial charge in [0.25, 0.3) is 12.0 Å². The first kappa shape index (κ1) is 11.2. The number of benzene rings is 1. The molecule has 2 aliphatic rings. The largest absolute Gasteiger partial charge is 0.462 e. The van der Waals surface area contributed by atoms with Gasteiger partial charge in [-0.25, -0.2) is 9.98 Å². The van der Waals surface area contributed by atoms with E-state index in [1.807, 2.05) is 18.2 Å². The van der Waals surface area contributed by atoms with E-state index in [2.05, 4.69) is 9.98 Å². The van der Waals surface area contributed by atoms with Crippen LogP contribution in [0.2, 0.25) is 0 Å². The van der Waals surface area contributed by atoms with Crippen molar-refractivity contribution in [2.75, 3.05) is 6.61 Å². The molecule has 2 aromatic rings. The Kier molecular flexibility index (Phi) is 2.07. The van der Waals surface area contributed by atoms with Crippen LogP contribution in [-0.4, -0.2) is 17.6 Å². The van der Waals surface area contributed by atoms with Crippen molar-refractivity contribution < 1.29 is 13.9 Å². The molecule has 4 rings (SSSR count). The molecule has 3 heterocycles. The highest BCUT2D eigenvalue weighted by molar-refractivity contribution is 5.76. The molecule has 0 saturated carbocycles. The minimum absolute atomic E-state index is 0.0771. The first-order chi connectivity index (χ1) is 9.71. The van der Waals surface area contributed by atoms with Crippen LogP contribution >= 0.6 is 0 Å². The maximum atomic E-state index is 13.9. The maximum absolute atomic E-state index is 13.9. The smallest absolute Gasteiger partial charge is 0.283 e. The number of rotatable bonds is 0. The van der Waals surface area contributed by atoms with Gasteiger partial charge in [0.2, 0.25) is 0 Å². The summed E-state index contributed by atoms with van der Waals surface area (Å²) in [7, 11) is 0. The maximum Gasteiger partial charge on any atom is 0.283 e. The summed E-state index contributed by atoms with van der Waals surface area (Å²) in [6.45, 7) is 0.218. The van der Waals surface area contributed by atoms with E-state index in [9.17, 15) is 4.39 Å². The van der Waals surface area contributed by atoms with Crippen LogP contribution < -0.4 is 10.5 Å². The summed E-state index contributed by atoms with van der Waals surface area (Å²) in [5.74, 6) is -0.0563. The third-order valence-corrected chi connectivity index (χ3v) is 3.58. The van der Waals surface area contributed by atoms with Crippen LogP contribution in [0.3, 0.4) is 0 Å². The van der Waals surface area contributed by atoms with Gasteiger partial charge in [0.1, 0.15) is 12.4 Å². The molecule has 1 spiro atoms. The number of fused-ring (bicyclic) bond motifs is 4. The van der Waals surface area contributed by atoms with E-state index in [-0.39, 0.29) is 18.4 Å². The van der Waals surface area contributed by atoms with Crippen LogP contribution in [0.15, 0.2) is 41.5 Å². The molecule has 100 valence electrons. The van der Waals surface area contributed by atoms with Crippen LogP contribution in [0, 0.1) is 5.95 Å². The Morgan fingerprint density at radius 1 is 1.20 bits per heavy atom. The predicted octanol–water partition coefficient (Wildman–Crippen LogP) is 1.91. The van der Waals surface area contributed by atoms with Gasteiger partial charge in [-0.15, -0.1) is 0 Å². The fraction of sp³-hybridized carbons (Fsp3) is 0.143.